The third-order valence-corrected chi connectivity index (χ3v) is 3.53. The van der Waals surface area contributed by atoms with Gasteiger partial charge in [-0.2, -0.15) is 0 Å². The molecule has 1 unspecified atom stereocenters. The molecule has 3 nitrogen and oxygen atoms in total. The minimum atomic E-state index is -0.479. The molecular weight excluding hydrogens is 335 g/mol. The highest BCUT2D eigenvalue weighted by Crippen LogP contribution is 2.32. The predicted octanol–water partition coefficient (Wildman–Crippen LogP) is 3.93. The van der Waals surface area contributed by atoms with Crippen molar-refractivity contribution in [1.29, 1.82) is 0 Å². The monoisotopic (exact) mass is 352 g/mol. The fraction of sp³-hybridized carbons (Fsp3) is 0.250. The van der Waals surface area contributed by atoms with Crippen LogP contribution in [0.3, 0.4) is 0 Å². The van der Waals surface area contributed by atoms with Crippen LogP contribution in [0.5, 0.6) is 5.75 Å². The van der Waals surface area contributed by atoms with Crippen molar-refractivity contribution in [3.63, 3.8) is 0 Å². The van der Waals surface area contributed by atoms with E-state index < -0.39 is 6.04 Å². The zero-order valence-corrected chi connectivity index (χ0v) is 13.5. The number of hydrazine groups is 1. The Morgan fingerprint density at radius 2 is 1.86 bits per heavy atom. The van der Waals surface area contributed by atoms with E-state index in [-0.39, 0.29) is 11.9 Å². The number of rotatable bonds is 5. The van der Waals surface area contributed by atoms with Crippen molar-refractivity contribution in [1.82, 2.24) is 5.43 Å². The summed E-state index contributed by atoms with van der Waals surface area (Å²) in [5.74, 6) is 6.02. The molecule has 0 amide bonds. The third kappa shape index (κ3) is 3.81. The second-order valence-electron chi connectivity index (χ2n) is 4.97. The third-order valence-electron chi connectivity index (χ3n) is 3.03. The van der Waals surface area contributed by atoms with E-state index in [9.17, 15) is 4.39 Å². The van der Waals surface area contributed by atoms with Crippen LogP contribution < -0.4 is 16.0 Å². The summed E-state index contributed by atoms with van der Waals surface area (Å²) in [7, 11) is 0. The summed E-state index contributed by atoms with van der Waals surface area (Å²) < 4.78 is 20.7. The zero-order chi connectivity index (χ0) is 15.4. The molecule has 2 aromatic carbocycles. The molecule has 0 saturated heterocycles. The van der Waals surface area contributed by atoms with Gasteiger partial charge in [-0.05, 0) is 32.0 Å². The molecule has 2 rings (SSSR count). The number of halogens is 2. The maximum Gasteiger partial charge on any atom is 0.129 e. The van der Waals surface area contributed by atoms with Crippen molar-refractivity contribution in [3.8, 4) is 5.75 Å². The van der Waals surface area contributed by atoms with E-state index in [1.807, 2.05) is 38.1 Å². The number of hydrogen-bond acceptors (Lipinski definition) is 3. The summed E-state index contributed by atoms with van der Waals surface area (Å²) in [6.07, 6.45) is 0.0272. The van der Waals surface area contributed by atoms with Crippen molar-refractivity contribution in [2.24, 2.45) is 5.84 Å². The lowest BCUT2D eigenvalue weighted by atomic mass is 9.98. The van der Waals surface area contributed by atoms with Crippen LogP contribution in [0.4, 0.5) is 4.39 Å². The largest absolute Gasteiger partial charge is 0.491 e. The van der Waals surface area contributed by atoms with Gasteiger partial charge < -0.3 is 4.74 Å². The maximum absolute atomic E-state index is 14.2. The van der Waals surface area contributed by atoms with Gasteiger partial charge in [-0.25, -0.2) is 9.82 Å². The van der Waals surface area contributed by atoms with Crippen LogP contribution in [-0.4, -0.2) is 6.10 Å². The first-order chi connectivity index (χ1) is 10.0. The average molecular weight is 353 g/mol. The van der Waals surface area contributed by atoms with E-state index in [0.29, 0.717) is 15.8 Å². The highest BCUT2D eigenvalue weighted by Gasteiger charge is 2.20. The molecule has 0 fully saturated rings. The molecule has 0 aliphatic rings. The number of nitrogens with one attached hydrogen (secondary N) is 1. The summed E-state index contributed by atoms with van der Waals surface area (Å²) in [6.45, 7) is 3.89. The fourth-order valence-electron chi connectivity index (χ4n) is 2.16. The number of nitrogens with two attached hydrogens (primary N) is 1. The van der Waals surface area contributed by atoms with Crippen LogP contribution in [0.15, 0.2) is 46.9 Å². The lowest BCUT2D eigenvalue weighted by Crippen LogP contribution is -2.30. The number of benzene rings is 2. The smallest absolute Gasteiger partial charge is 0.129 e. The molecule has 2 aromatic rings. The lowest BCUT2D eigenvalue weighted by molar-refractivity contribution is 0.238. The minimum Gasteiger partial charge on any atom is -0.491 e. The Bertz CT molecular complexity index is 619. The topological polar surface area (TPSA) is 47.3 Å². The van der Waals surface area contributed by atoms with Gasteiger partial charge in [0.2, 0.25) is 0 Å². The van der Waals surface area contributed by atoms with Gasteiger partial charge in [-0.3, -0.25) is 5.84 Å². The molecular formula is C16H18BrFN2O. The highest BCUT2D eigenvalue weighted by molar-refractivity contribution is 9.10. The first kappa shape index (κ1) is 15.9. The molecule has 1 atom stereocenters. The Morgan fingerprint density at radius 3 is 2.48 bits per heavy atom. The molecule has 0 aliphatic heterocycles. The van der Waals surface area contributed by atoms with Crippen LogP contribution in [0.1, 0.15) is 31.0 Å². The summed E-state index contributed by atoms with van der Waals surface area (Å²) >= 11 is 3.25. The zero-order valence-electron chi connectivity index (χ0n) is 11.9. The van der Waals surface area contributed by atoms with E-state index in [0.717, 1.165) is 5.56 Å². The van der Waals surface area contributed by atoms with Crippen molar-refractivity contribution in [2.45, 2.75) is 26.0 Å². The quantitative estimate of drug-likeness (QED) is 0.633. The van der Waals surface area contributed by atoms with Crippen LogP contribution in [0.2, 0.25) is 0 Å². The van der Waals surface area contributed by atoms with Crippen molar-refractivity contribution in [3.05, 3.63) is 63.9 Å². The maximum atomic E-state index is 14.2. The molecule has 5 heteroatoms. The van der Waals surface area contributed by atoms with Gasteiger partial charge in [-0.1, -0.05) is 40.2 Å². The molecule has 0 spiro atoms. The standard InChI is InChI=1S/C16H18BrFN2O/c1-10(2)21-15-6-4-3-5-13(15)16(20-19)12-8-7-11(17)9-14(12)18/h3-10,16,20H,19H2,1-2H3. The van der Waals surface area contributed by atoms with Gasteiger partial charge in [0.15, 0.2) is 0 Å². The second kappa shape index (κ2) is 7.02. The Hall–Kier alpha value is -1.43. The van der Waals surface area contributed by atoms with Crippen LogP contribution >= 0.6 is 15.9 Å². The molecule has 0 radical (unpaired) electrons. The summed E-state index contributed by atoms with van der Waals surface area (Å²) in [5, 5.41) is 0. The van der Waals surface area contributed by atoms with Crippen molar-refractivity contribution < 1.29 is 9.13 Å². The SMILES string of the molecule is CC(C)Oc1ccccc1C(NN)c1ccc(Br)cc1F. The van der Waals surface area contributed by atoms with Gasteiger partial charge in [-0.15, -0.1) is 0 Å². The van der Waals surface area contributed by atoms with Crippen LogP contribution in [0, 0.1) is 5.82 Å². The van der Waals surface area contributed by atoms with E-state index in [1.165, 1.54) is 6.07 Å². The van der Waals surface area contributed by atoms with E-state index in [2.05, 4.69) is 21.4 Å². The summed E-state index contributed by atoms with van der Waals surface area (Å²) in [4.78, 5) is 0. The van der Waals surface area contributed by atoms with Gasteiger partial charge in [0.05, 0.1) is 12.1 Å². The molecule has 0 bridgehead atoms. The molecule has 0 heterocycles. The minimum absolute atomic E-state index is 0.0272. The van der Waals surface area contributed by atoms with E-state index in [1.54, 1.807) is 12.1 Å². The van der Waals surface area contributed by atoms with Crippen molar-refractivity contribution >= 4 is 15.9 Å². The number of ether oxygens (including phenoxy) is 1. The Labute approximate surface area is 132 Å². The molecule has 0 aliphatic carbocycles. The first-order valence-corrected chi connectivity index (χ1v) is 7.49. The molecule has 3 N–H and O–H groups in total. The summed E-state index contributed by atoms with van der Waals surface area (Å²) in [5.41, 5.74) is 3.95. The van der Waals surface area contributed by atoms with E-state index >= 15 is 0 Å². The summed E-state index contributed by atoms with van der Waals surface area (Å²) in [6, 6.07) is 11.9. The van der Waals surface area contributed by atoms with Gasteiger partial charge in [0, 0.05) is 15.6 Å². The fourth-order valence-corrected chi connectivity index (χ4v) is 2.50. The Kier molecular flexibility index (Phi) is 5.33. The van der Waals surface area contributed by atoms with Gasteiger partial charge >= 0.3 is 0 Å². The molecule has 112 valence electrons. The van der Waals surface area contributed by atoms with Gasteiger partial charge in [0.25, 0.3) is 0 Å². The molecule has 21 heavy (non-hydrogen) atoms. The van der Waals surface area contributed by atoms with E-state index in [4.69, 9.17) is 10.6 Å². The highest BCUT2D eigenvalue weighted by atomic mass is 79.9. The second-order valence-corrected chi connectivity index (χ2v) is 5.89. The lowest BCUT2D eigenvalue weighted by Gasteiger charge is -2.22. The molecule has 0 aromatic heterocycles. The van der Waals surface area contributed by atoms with Crippen LogP contribution in [-0.2, 0) is 0 Å². The predicted molar refractivity (Wildman–Crippen MR) is 85.5 cm³/mol. The molecule has 0 saturated carbocycles. The Balaban J connectivity index is 2.46. The first-order valence-electron chi connectivity index (χ1n) is 6.69. The average Bonchev–Trinajstić information content (AvgIpc) is 2.43. The van der Waals surface area contributed by atoms with Gasteiger partial charge in [0.1, 0.15) is 11.6 Å². The number of hydrogen-bond donors (Lipinski definition) is 2. The Morgan fingerprint density at radius 1 is 1.14 bits per heavy atom. The normalized spacial score (nSPS) is 12.5. The van der Waals surface area contributed by atoms with Crippen molar-refractivity contribution in [2.75, 3.05) is 0 Å². The number of para-hydroxylation sites is 1. The van der Waals surface area contributed by atoms with Crippen LogP contribution in [0.25, 0.3) is 0 Å².